The molecule has 112 valence electrons. The lowest BCUT2D eigenvalue weighted by Gasteiger charge is -2.11. The van der Waals surface area contributed by atoms with Crippen LogP contribution in [0.15, 0.2) is 0 Å². The number of hydrogen-bond donors (Lipinski definition) is 1. The molecule has 0 saturated heterocycles. The molecule has 1 aromatic heterocycles. The van der Waals surface area contributed by atoms with E-state index in [1.165, 1.54) is 11.7 Å². The van der Waals surface area contributed by atoms with Gasteiger partial charge in [0.1, 0.15) is 0 Å². The number of carbonyl (C=O) groups is 1. The van der Waals surface area contributed by atoms with Crippen molar-refractivity contribution >= 4 is 6.03 Å². The van der Waals surface area contributed by atoms with E-state index in [9.17, 15) is 13.6 Å². The van der Waals surface area contributed by atoms with Crippen molar-refractivity contribution in [2.45, 2.75) is 45.0 Å². The lowest BCUT2D eigenvalue weighted by molar-refractivity contribution is 0.00471. The Kier molecular flexibility index (Phi) is 3.96. The molecule has 1 saturated carbocycles. The number of rotatable bonds is 4. The van der Waals surface area contributed by atoms with Gasteiger partial charge in [0.25, 0.3) is 0 Å². The van der Waals surface area contributed by atoms with E-state index in [1.54, 1.807) is 6.92 Å². The third-order valence-corrected chi connectivity index (χ3v) is 3.84. The van der Waals surface area contributed by atoms with Crippen molar-refractivity contribution in [3.63, 3.8) is 0 Å². The van der Waals surface area contributed by atoms with Crippen LogP contribution in [0.25, 0.3) is 0 Å². The van der Waals surface area contributed by atoms with Crippen LogP contribution in [0.2, 0.25) is 0 Å². The normalized spacial score (nSPS) is 21.1. The van der Waals surface area contributed by atoms with Crippen LogP contribution in [0.5, 0.6) is 6.01 Å². The molecule has 2 rings (SSSR count). The molecule has 0 aliphatic heterocycles. The molecule has 1 amide bonds. The van der Waals surface area contributed by atoms with Gasteiger partial charge < -0.3 is 10.5 Å². The molecule has 7 heteroatoms. The number of methoxy groups -OCH3 is 1. The highest BCUT2D eigenvalue weighted by Gasteiger charge is 2.39. The molecule has 5 nitrogen and oxygen atoms in total. The van der Waals surface area contributed by atoms with Gasteiger partial charge in [0.15, 0.2) is 0 Å². The number of ether oxygens (including phenoxy) is 1. The molecule has 1 atom stereocenters. The molecule has 1 fully saturated rings. The van der Waals surface area contributed by atoms with E-state index in [0.29, 0.717) is 30.7 Å². The van der Waals surface area contributed by atoms with Crippen molar-refractivity contribution in [2.24, 2.45) is 11.7 Å². The second-order valence-electron chi connectivity index (χ2n) is 5.31. The zero-order chi connectivity index (χ0) is 14.9. The van der Waals surface area contributed by atoms with Crippen LogP contribution < -0.4 is 10.5 Å². The topological polar surface area (TPSA) is 70.1 Å². The first-order chi connectivity index (χ1) is 9.34. The first-order valence-corrected chi connectivity index (χ1v) is 6.64. The summed E-state index contributed by atoms with van der Waals surface area (Å²) in [5.41, 5.74) is 6.60. The van der Waals surface area contributed by atoms with Crippen molar-refractivity contribution in [1.29, 1.82) is 0 Å². The Bertz CT molecular complexity index is 514. The molecule has 1 aliphatic rings. The first-order valence-electron chi connectivity index (χ1n) is 6.64. The zero-order valence-corrected chi connectivity index (χ0v) is 11.7. The van der Waals surface area contributed by atoms with Crippen LogP contribution in [0, 0.1) is 12.8 Å². The Hall–Kier alpha value is -1.66. The summed E-state index contributed by atoms with van der Waals surface area (Å²) in [5, 5.41) is 0. The summed E-state index contributed by atoms with van der Waals surface area (Å²) < 4.78 is 32.5. The van der Waals surface area contributed by atoms with Gasteiger partial charge in [-0.3, -0.25) is 0 Å². The summed E-state index contributed by atoms with van der Waals surface area (Å²) in [5.74, 6) is -2.56. The molecular weight excluding hydrogens is 268 g/mol. The second-order valence-corrected chi connectivity index (χ2v) is 5.31. The number of primary amides is 1. The summed E-state index contributed by atoms with van der Waals surface area (Å²) in [7, 11) is 1.41. The fourth-order valence-electron chi connectivity index (χ4n) is 2.82. The van der Waals surface area contributed by atoms with Crippen molar-refractivity contribution in [2.75, 3.05) is 7.11 Å². The van der Waals surface area contributed by atoms with Crippen molar-refractivity contribution in [3.05, 3.63) is 11.4 Å². The molecule has 1 aromatic rings. The van der Waals surface area contributed by atoms with Crippen LogP contribution in [0.4, 0.5) is 13.6 Å². The minimum absolute atomic E-state index is 0.0216. The second kappa shape index (κ2) is 5.38. The van der Waals surface area contributed by atoms with Gasteiger partial charge >= 0.3 is 12.0 Å². The number of alkyl halides is 2. The predicted molar refractivity (Wildman–Crippen MR) is 69.1 cm³/mol. The maximum absolute atomic E-state index is 13.2. The summed E-state index contributed by atoms with van der Waals surface area (Å²) in [6, 6.07) is -0.532. The van der Waals surface area contributed by atoms with Crippen molar-refractivity contribution in [1.82, 2.24) is 9.55 Å². The van der Waals surface area contributed by atoms with Crippen LogP contribution >= 0.6 is 0 Å². The molecule has 0 bridgehead atoms. The van der Waals surface area contributed by atoms with Gasteiger partial charge in [-0.25, -0.2) is 18.1 Å². The van der Waals surface area contributed by atoms with E-state index in [0.717, 1.165) is 0 Å². The van der Waals surface area contributed by atoms with Crippen molar-refractivity contribution < 1.29 is 18.3 Å². The van der Waals surface area contributed by atoms with Gasteiger partial charge in [0.2, 0.25) is 5.92 Å². The van der Waals surface area contributed by atoms with Crippen LogP contribution in [0.1, 0.15) is 37.1 Å². The molecule has 1 unspecified atom stereocenters. The summed E-state index contributed by atoms with van der Waals surface area (Å²) in [4.78, 5) is 15.6. The minimum atomic E-state index is -2.54. The van der Waals surface area contributed by atoms with Crippen molar-refractivity contribution in [3.8, 4) is 6.01 Å². The van der Waals surface area contributed by atoms with E-state index < -0.39 is 12.0 Å². The van der Waals surface area contributed by atoms with E-state index in [1.807, 2.05) is 0 Å². The third kappa shape index (κ3) is 2.91. The highest BCUT2D eigenvalue weighted by atomic mass is 19.3. The van der Waals surface area contributed by atoms with Crippen LogP contribution in [-0.4, -0.2) is 28.6 Å². The molecule has 0 radical (unpaired) electrons. The lowest BCUT2D eigenvalue weighted by Crippen LogP contribution is -2.23. The SMILES string of the molecule is COc1nc(C)c(CCC2CCC(F)(F)C2)n1C(N)=O. The monoisotopic (exact) mass is 287 g/mol. The lowest BCUT2D eigenvalue weighted by atomic mass is 10.00. The Morgan fingerprint density at radius 2 is 2.30 bits per heavy atom. The standard InChI is InChI=1S/C13H19F2N3O2/c1-8-10(18(11(16)19)12(17-8)20-2)4-3-9-5-6-13(14,15)7-9/h9H,3-7H2,1-2H3,(H2,16,19). The Labute approximate surface area is 116 Å². The molecule has 20 heavy (non-hydrogen) atoms. The zero-order valence-electron chi connectivity index (χ0n) is 11.7. The molecule has 1 heterocycles. The molecule has 2 N–H and O–H groups in total. The van der Waals surface area contributed by atoms with E-state index >= 15 is 0 Å². The number of carbonyl (C=O) groups excluding carboxylic acids is 1. The summed E-state index contributed by atoms with van der Waals surface area (Å²) in [6.07, 6.45) is 1.49. The molecular formula is C13H19F2N3O2. The Morgan fingerprint density at radius 3 is 2.80 bits per heavy atom. The maximum atomic E-state index is 13.2. The summed E-state index contributed by atoms with van der Waals surface area (Å²) in [6.45, 7) is 1.75. The van der Waals surface area contributed by atoms with E-state index in [4.69, 9.17) is 10.5 Å². The largest absolute Gasteiger partial charge is 0.468 e. The Balaban J connectivity index is 2.10. The molecule has 0 spiro atoms. The predicted octanol–water partition coefficient (Wildman–Crippen LogP) is 2.49. The Morgan fingerprint density at radius 1 is 1.60 bits per heavy atom. The quantitative estimate of drug-likeness (QED) is 0.925. The number of halogens is 2. The van der Waals surface area contributed by atoms with E-state index in [2.05, 4.69) is 4.98 Å². The van der Waals surface area contributed by atoms with E-state index in [-0.39, 0.29) is 24.8 Å². The highest BCUT2D eigenvalue weighted by molar-refractivity contribution is 5.77. The number of hydrogen-bond acceptors (Lipinski definition) is 3. The fourth-order valence-corrected chi connectivity index (χ4v) is 2.82. The van der Waals surface area contributed by atoms with Gasteiger partial charge in [-0.1, -0.05) is 0 Å². The number of nitrogens with two attached hydrogens (primary N) is 1. The number of imidazole rings is 1. The number of nitrogens with zero attached hydrogens (tertiary/aromatic N) is 2. The molecule has 1 aliphatic carbocycles. The fraction of sp³-hybridized carbons (Fsp3) is 0.692. The smallest absolute Gasteiger partial charge is 0.327 e. The van der Waals surface area contributed by atoms with Gasteiger partial charge in [0, 0.05) is 12.8 Å². The average molecular weight is 287 g/mol. The van der Waals surface area contributed by atoms with Gasteiger partial charge in [-0.2, -0.15) is 4.98 Å². The number of aromatic nitrogens is 2. The highest BCUT2D eigenvalue weighted by Crippen LogP contribution is 2.40. The maximum Gasteiger partial charge on any atom is 0.327 e. The minimum Gasteiger partial charge on any atom is -0.468 e. The average Bonchev–Trinajstić information content (AvgIpc) is 2.86. The third-order valence-electron chi connectivity index (χ3n) is 3.84. The van der Waals surface area contributed by atoms with Crippen LogP contribution in [-0.2, 0) is 6.42 Å². The van der Waals surface area contributed by atoms with Gasteiger partial charge in [-0.05, 0) is 32.1 Å². The molecule has 0 aromatic carbocycles. The van der Waals surface area contributed by atoms with Gasteiger partial charge in [0.05, 0.1) is 18.5 Å². The van der Waals surface area contributed by atoms with Gasteiger partial charge in [-0.15, -0.1) is 0 Å². The van der Waals surface area contributed by atoms with Crippen LogP contribution in [0.3, 0.4) is 0 Å². The number of amides is 1. The summed E-state index contributed by atoms with van der Waals surface area (Å²) >= 11 is 0. The number of aryl methyl sites for hydroxylation is 1. The first kappa shape index (κ1) is 14.7.